The van der Waals surface area contributed by atoms with E-state index in [9.17, 15) is 4.79 Å². The number of aromatic nitrogens is 1. The predicted molar refractivity (Wildman–Crippen MR) is 46.4 cm³/mol. The molecule has 0 aliphatic carbocycles. The minimum atomic E-state index is -0.0781. The largest absolute Gasteiger partial charge is 0.438 e. The number of hydrogen-bond donors (Lipinski definition) is 0. The third-order valence-electron chi connectivity index (χ3n) is 2.20. The van der Waals surface area contributed by atoms with Crippen LogP contribution in [0.1, 0.15) is 29.3 Å². The van der Waals surface area contributed by atoms with E-state index in [2.05, 4.69) is 4.98 Å². The molecule has 1 fully saturated rings. The van der Waals surface area contributed by atoms with Gasteiger partial charge >= 0.3 is 5.91 Å². The molecule has 4 nitrogen and oxygen atoms in total. The van der Waals surface area contributed by atoms with Gasteiger partial charge in [-0.2, -0.15) is 0 Å². The van der Waals surface area contributed by atoms with Gasteiger partial charge in [-0.1, -0.05) is 0 Å². The number of likely N-dealkylation sites (tertiary alicyclic amines) is 1. The number of amides is 1. The molecule has 4 heteroatoms. The lowest BCUT2D eigenvalue weighted by Crippen LogP contribution is -2.27. The summed E-state index contributed by atoms with van der Waals surface area (Å²) in [6, 6.07) is 0. The minimum Gasteiger partial charge on any atom is -0.438 e. The Bertz CT molecular complexity index is 313. The molecule has 1 saturated heterocycles. The molecule has 0 spiro atoms. The van der Waals surface area contributed by atoms with Crippen molar-refractivity contribution in [3.8, 4) is 0 Å². The van der Waals surface area contributed by atoms with Gasteiger partial charge in [-0.05, 0) is 19.8 Å². The molecule has 0 N–H and O–H groups in total. The van der Waals surface area contributed by atoms with E-state index in [1.165, 1.54) is 0 Å². The smallest absolute Gasteiger partial charge is 0.309 e. The van der Waals surface area contributed by atoms with Crippen LogP contribution in [0.5, 0.6) is 0 Å². The second-order valence-corrected chi connectivity index (χ2v) is 3.28. The second kappa shape index (κ2) is 3.20. The summed E-state index contributed by atoms with van der Waals surface area (Å²) in [5.74, 6) is 0.826. The highest BCUT2D eigenvalue weighted by atomic mass is 16.4. The number of carbonyl (C=O) groups is 1. The molecule has 0 aromatic carbocycles. The van der Waals surface area contributed by atoms with Crippen molar-refractivity contribution in [2.45, 2.75) is 19.8 Å². The zero-order chi connectivity index (χ0) is 9.26. The van der Waals surface area contributed by atoms with Crippen LogP contribution in [0.25, 0.3) is 0 Å². The summed E-state index contributed by atoms with van der Waals surface area (Å²) in [7, 11) is 0. The van der Waals surface area contributed by atoms with Crippen molar-refractivity contribution in [3.05, 3.63) is 17.8 Å². The lowest BCUT2D eigenvalue weighted by molar-refractivity contribution is 0.0752. The Morgan fingerprint density at radius 3 is 2.77 bits per heavy atom. The van der Waals surface area contributed by atoms with E-state index in [1.807, 2.05) is 0 Å². The summed E-state index contributed by atoms with van der Waals surface area (Å²) in [5, 5.41) is 0. The molecule has 0 bridgehead atoms. The van der Waals surface area contributed by atoms with Gasteiger partial charge in [-0.15, -0.1) is 0 Å². The fourth-order valence-corrected chi connectivity index (χ4v) is 1.51. The molecule has 0 unspecified atom stereocenters. The van der Waals surface area contributed by atoms with Gasteiger partial charge in [-0.3, -0.25) is 4.79 Å². The highest BCUT2D eigenvalue weighted by molar-refractivity contribution is 5.89. The zero-order valence-corrected chi connectivity index (χ0v) is 7.62. The normalized spacial score (nSPS) is 16.5. The molecule has 0 radical (unpaired) electrons. The van der Waals surface area contributed by atoms with Crippen LogP contribution in [0.4, 0.5) is 0 Å². The van der Waals surface area contributed by atoms with Crippen LogP contribution >= 0.6 is 0 Å². The SMILES string of the molecule is Cc1cnc(C(=O)N2CCCC2)o1. The number of oxazole rings is 1. The van der Waals surface area contributed by atoms with Gasteiger partial charge in [-0.25, -0.2) is 4.98 Å². The van der Waals surface area contributed by atoms with Crippen molar-refractivity contribution in [3.63, 3.8) is 0 Å². The molecule has 0 saturated carbocycles. The highest BCUT2D eigenvalue weighted by Crippen LogP contribution is 2.12. The summed E-state index contributed by atoms with van der Waals surface area (Å²) < 4.78 is 5.16. The quantitative estimate of drug-likeness (QED) is 0.652. The third-order valence-corrected chi connectivity index (χ3v) is 2.20. The van der Waals surface area contributed by atoms with Gasteiger partial charge < -0.3 is 9.32 Å². The molecule has 70 valence electrons. The van der Waals surface area contributed by atoms with Gasteiger partial charge in [0.2, 0.25) is 0 Å². The average molecular weight is 180 g/mol. The lowest BCUT2D eigenvalue weighted by atomic mass is 10.4. The van der Waals surface area contributed by atoms with Crippen molar-refractivity contribution in [1.29, 1.82) is 0 Å². The molecule has 1 aromatic rings. The summed E-state index contributed by atoms with van der Waals surface area (Å²) in [6.45, 7) is 3.45. The fourth-order valence-electron chi connectivity index (χ4n) is 1.51. The molecular weight excluding hydrogens is 168 g/mol. The predicted octanol–water partition coefficient (Wildman–Crippen LogP) is 1.22. The van der Waals surface area contributed by atoms with Crippen LogP contribution in [0, 0.1) is 6.92 Å². The van der Waals surface area contributed by atoms with E-state index >= 15 is 0 Å². The topological polar surface area (TPSA) is 46.3 Å². The van der Waals surface area contributed by atoms with Crippen molar-refractivity contribution in [2.24, 2.45) is 0 Å². The van der Waals surface area contributed by atoms with Gasteiger partial charge in [0, 0.05) is 13.1 Å². The van der Waals surface area contributed by atoms with Crippen LogP contribution in [-0.4, -0.2) is 28.9 Å². The van der Waals surface area contributed by atoms with Crippen LogP contribution in [-0.2, 0) is 0 Å². The average Bonchev–Trinajstić information content (AvgIpc) is 2.72. The third kappa shape index (κ3) is 1.56. The van der Waals surface area contributed by atoms with Gasteiger partial charge in [0.1, 0.15) is 5.76 Å². The van der Waals surface area contributed by atoms with E-state index in [4.69, 9.17) is 4.42 Å². The highest BCUT2D eigenvalue weighted by Gasteiger charge is 2.22. The monoisotopic (exact) mass is 180 g/mol. The molecule has 2 rings (SSSR count). The summed E-state index contributed by atoms with van der Waals surface area (Å²) >= 11 is 0. The molecular formula is C9H12N2O2. The summed E-state index contributed by atoms with van der Waals surface area (Å²) in [4.78, 5) is 17.3. The van der Waals surface area contributed by atoms with Crippen LogP contribution in [0.3, 0.4) is 0 Å². The lowest BCUT2D eigenvalue weighted by Gasteiger charge is -2.11. The van der Waals surface area contributed by atoms with Crippen molar-refractivity contribution < 1.29 is 9.21 Å². The Kier molecular flexibility index (Phi) is 2.04. The number of rotatable bonds is 1. The molecule has 0 atom stereocenters. The Labute approximate surface area is 76.6 Å². The van der Waals surface area contributed by atoms with E-state index < -0.39 is 0 Å². The number of carbonyl (C=O) groups excluding carboxylic acids is 1. The number of hydrogen-bond acceptors (Lipinski definition) is 3. The second-order valence-electron chi connectivity index (χ2n) is 3.28. The molecule has 1 amide bonds. The Hall–Kier alpha value is -1.32. The van der Waals surface area contributed by atoms with E-state index in [0.717, 1.165) is 25.9 Å². The maximum absolute atomic E-state index is 11.6. The first-order valence-corrected chi connectivity index (χ1v) is 4.49. The Morgan fingerprint density at radius 1 is 1.54 bits per heavy atom. The molecule has 1 aliphatic rings. The molecule has 1 aromatic heterocycles. The van der Waals surface area contributed by atoms with Crippen LogP contribution in [0.15, 0.2) is 10.6 Å². The van der Waals surface area contributed by atoms with Gasteiger partial charge in [0.05, 0.1) is 6.20 Å². The maximum atomic E-state index is 11.6. The first-order chi connectivity index (χ1) is 6.27. The Balaban J connectivity index is 2.12. The fraction of sp³-hybridized carbons (Fsp3) is 0.556. The van der Waals surface area contributed by atoms with E-state index in [-0.39, 0.29) is 11.8 Å². The molecule has 1 aliphatic heterocycles. The maximum Gasteiger partial charge on any atom is 0.309 e. The van der Waals surface area contributed by atoms with E-state index in [0.29, 0.717) is 5.76 Å². The first kappa shape index (κ1) is 8.29. The van der Waals surface area contributed by atoms with Crippen LogP contribution < -0.4 is 0 Å². The van der Waals surface area contributed by atoms with Crippen LogP contribution in [0.2, 0.25) is 0 Å². The number of aryl methyl sites for hydroxylation is 1. The summed E-state index contributed by atoms with van der Waals surface area (Å²) in [6.07, 6.45) is 3.75. The minimum absolute atomic E-state index is 0.0781. The Morgan fingerprint density at radius 2 is 2.23 bits per heavy atom. The zero-order valence-electron chi connectivity index (χ0n) is 7.62. The van der Waals surface area contributed by atoms with Crippen molar-refractivity contribution in [1.82, 2.24) is 9.88 Å². The number of nitrogens with zero attached hydrogens (tertiary/aromatic N) is 2. The molecule has 13 heavy (non-hydrogen) atoms. The van der Waals surface area contributed by atoms with E-state index in [1.54, 1.807) is 18.0 Å². The molecule has 2 heterocycles. The van der Waals surface area contributed by atoms with Crippen molar-refractivity contribution >= 4 is 5.91 Å². The van der Waals surface area contributed by atoms with Crippen molar-refractivity contribution in [2.75, 3.05) is 13.1 Å². The summed E-state index contributed by atoms with van der Waals surface area (Å²) in [5.41, 5.74) is 0. The van der Waals surface area contributed by atoms with Gasteiger partial charge in [0.15, 0.2) is 0 Å². The van der Waals surface area contributed by atoms with Gasteiger partial charge in [0.25, 0.3) is 5.89 Å². The first-order valence-electron chi connectivity index (χ1n) is 4.49. The standard InChI is InChI=1S/C9H12N2O2/c1-7-6-10-8(13-7)9(12)11-4-2-3-5-11/h6H,2-5H2,1H3.